The molecule has 174 valence electrons. The molecule has 5 rings (SSSR count). The number of aromatic amines is 2. The highest BCUT2D eigenvalue weighted by atomic mass is 31.2. The number of H-pyrrole nitrogens is 2. The summed E-state index contributed by atoms with van der Waals surface area (Å²) in [5.74, 6) is 1.32. The molecular weight excluding hydrogens is 441 g/mol. The number of hydrogen-bond acceptors (Lipinski definition) is 7. The van der Waals surface area contributed by atoms with Gasteiger partial charge in [-0.15, -0.1) is 0 Å². The van der Waals surface area contributed by atoms with E-state index in [1.54, 1.807) is 6.07 Å². The van der Waals surface area contributed by atoms with Gasteiger partial charge < -0.3 is 24.1 Å². The molecule has 2 aromatic carbocycles. The number of hydrogen-bond donors (Lipinski definition) is 3. The summed E-state index contributed by atoms with van der Waals surface area (Å²) in [6.07, 6.45) is 0. The SMILES string of the molecule is COP(C)(=O)Oc1ccc2[nH]nc(-c3cc4cc(OCCN5CCNCC5)ccc4[nH]3)c2c1. The summed E-state index contributed by atoms with van der Waals surface area (Å²) in [6.45, 7) is 7.24. The Morgan fingerprint density at radius 2 is 1.85 bits per heavy atom. The van der Waals surface area contributed by atoms with Crippen LogP contribution in [-0.2, 0) is 9.09 Å². The number of aromatic nitrogens is 3. The number of nitrogens with one attached hydrogen (secondary N) is 3. The number of rotatable bonds is 8. The van der Waals surface area contributed by atoms with Crippen molar-refractivity contribution in [1.82, 2.24) is 25.4 Å². The maximum Gasteiger partial charge on any atom is 0.375 e. The van der Waals surface area contributed by atoms with Gasteiger partial charge in [0, 0.05) is 62.8 Å². The first kappa shape index (κ1) is 22.0. The average molecular weight is 469 g/mol. The van der Waals surface area contributed by atoms with E-state index in [1.807, 2.05) is 30.3 Å². The fraction of sp³-hybridized carbons (Fsp3) is 0.348. The largest absolute Gasteiger partial charge is 0.492 e. The molecule has 1 aliphatic rings. The number of piperazine rings is 1. The fourth-order valence-corrected chi connectivity index (χ4v) is 4.61. The van der Waals surface area contributed by atoms with Crippen molar-refractivity contribution in [2.45, 2.75) is 0 Å². The van der Waals surface area contributed by atoms with E-state index < -0.39 is 7.60 Å². The maximum absolute atomic E-state index is 12.2. The van der Waals surface area contributed by atoms with E-state index in [0.717, 1.165) is 71.7 Å². The Morgan fingerprint density at radius 1 is 1.06 bits per heavy atom. The van der Waals surface area contributed by atoms with Crippen molar-refractivity contribution >= 4 is 29.4 Å². The van der Waals surface area contributed by atoms with E-state index in [-0.39, 0.29) is 0 Å². The summed E-state index contributed by atoms with van der Waals surface area (Å²) in [5.41, 5.74) is 3.49. The van der Waals surface area contributed by atoms with Gasteiger partial charge in [-0.05, 0) is 42.5 Å². The predicted molar refractivity (Wildman–Crippen MR) is 129 cm³/mol. The van der Waals surface area contributed by atoms with Gasteiger partial charge in [-0.1, -0.05) is 0 Å². The van der Waals surface area contributed by atoms with Gasteiger partial charge in [0.1, 0.15) is 23.8 Å². The Bertz CT molecular complexity index is 1310. The van der Waals surface area contributed by atoms with Crippen LogP contribution in [0.25, 0.3) is 33.2 Å². The lowest BCUT2D eigenvalue weighted by atomic mass is 10.1. The molecule has 1 aliphatic heterocycles. The number of nitrogens with zero attached hydrogens (tertiary/aromatic N) is 2. The average Bonchev–Trinajstić information content (AvgIpc) is 3.43. The highest BCUT2D eigenvalue weighted by Gasteiger charge is 2.18. The second kappa shape index (κ2) is 9.19. The highest BCUT2D eigenvalue weighted by molar-refractivity contribution is 7.53. The first-order valence-corrected chi connectivity index (χ1v) is 13.0. The molecule has 33 heavy (non-hydrogen) atoms. The van der Waals surface area contributed by atoms with Crippen molar-refractivity contribution in [2.75, 3.05) is 53.1 Å². The van der Waals surface area contributed by atoms with Crippen LogP contribution in [0.5, 0.6) is 11.5 Å². The predicted octanol–water partition coefficient (Wildman–Crippen LogP) is 3.84. The topological polar surface area (TPSA) is 104 Å². The lowest BCUT2D eigenvalue weighted by molar-refractivity contribution is 0.191. The first-order valence-electron chi connectivity index (χ1n) is 11.0. The zero-order valence-corrected chi connectivity index (χ0v) is 19.7. The molecule has 9 nitrogen and oxygen atoms in total. The first-order chi connectivity index (χ1) is 16.0. The van der Waals surface area contributed by atoms with Crippen molar-refractivity contribution in [3.63, 3.8) is 0 Å². The summed E-state index contributed by atoms with van der Waals surface area (Å²) in [4.78, 5) is 5.84. The third kappa shape index (κ3) is 4.91. The molecule has 2 aromatic heterocycles. The molecule has 3 heterocycles. The van der Waals surface area contributed by atoms with Crippen LogP contribution in [0.4, 0.5) is 0 Å². The molecule has 1 saturated heterocycles. The minimum absolute atomic E-state index is 0.467. The van der Waals surface area contributed by atoms with Crippen LogP contribution in [0.1, 0.15) is 0 Å². The third-order valence-electron chi connectivity index (χ3n) is 5.87. The molecule has 0 aliphatic carbocycles. The lowest BCUT2D eigenvalue weighted by Gasteiger charge is -2.26. The van der Waals surface area contributed by atoms with Crippen molar-refractivity contribution in [2.24, 2.45) is 0 Å². The summed E-state index contributed by atoms with van der Waals surface area (Å²) in [7, 11) is -1.78. The summed E-state index contributed by atoms with van der Waals surface area (Å²) < 4.78 is 28.7. The van der Waals surface area contributed by atoms with Crippen LogP contribution in [0.15, 0.2) is 42.5 Å². The highest BCUT2D eigenvalue weighted by Crippen LogP contribution is 2.44. The zero-order chi connectivity index (χ0) is 22.8. The van der Waals surface area contributed by atoms with Crippen LogP contribution in [-0.4, -0.2) is 73.2 Å². The minimum atomic E-state index is -3.15. The van der Waals surface area contributed by atoms with Crippen molar-refractivity contribution in [1.29, 1.82) is 0 Å². The number of ether oxygens (including phenoxy) is 1. The van der Waals surface area contributed by atoms with Gasteiger partial charge in [0.05, 0.1) is 11.2 Å². The molecular formula is C23H28N5O4P. The van der Waals surface area contributed by atoms with E-state index in [0.29, 0.717) is 12.4 Å². The van der Waals surface area contributed by atoms with E-state index in [2.05, 4.69) is 31.5 Å². The van der Waals surface area contributed by atoms with Crippen LogP contribution in [0, 0.1) is 0 Å². The van der Waals surface area contributed by atoms with Gasteiger partial charge in [-0.2, -0.15) is 5.10 Å². The van der Waals surface area contributed by atoms with Crippen LogP contribution in [0.3, 0.4) is 0 Å². The quantitative estimate of drug-likeness (QED) is 0.337. The molecule has 3 N–H and O–H groups in total. The summed E-state index contributed by atoms with van der Waals surface area (Å²) >= 11 is 0. The van der Waals surface area contributed by atoms with E-state index >= 15 is 0 Å². The molecule has 4 aromatic rings. The van der Waals surface area contributed by atoms with Crippen molar-refractivity contribution < 1.29 is 18.3 Å². The Hall–Kier alpha value is -2.84. The number of fused-ring (bicyclic) bond motifs is 2. The number of benzene rings is 2. The normalized spacial score (nSPS) is 16.8. The standard InChI is InChI=1S/C23H28N5O4P/c1-30-33(2,29)32-18-4-6-21-19(15-18)23(27-26-21)22-14-16-13-17(3-5-20(16)25-22)31-12-11-28-9-7-24-8-10-28/h3-6,13-15,24-25H,7-12H2,1-2H3,(H,26,27). The molecule has 0 bridgehead atoms. The van der Waals surface area contributed by atoms with Gasteiger partial charge in [-0.3, -0.25) is 10.00 Å². The monoisotopic (exact) mass is 469 g/mol. The van der Waals surface area contributed by atoms with Crippen molar-refractivity contribution in [3.05, 3.63) is 42.5 Å². The Kier molecular flexibility index (Phi) is 6.12. The molecule has 0 spiro atoms. The Balaban J connectivity index is 1.35. The zero-order valence-electron chi connectivity index (χ0n) is 18.8. The second-order valence-electron chi connectivity index (χ2n) is 8.20. The van der Waals surface area contributed by atoms with Gasteiger partial charge in [0.2, 0.25) is 0 Å². The molecule has 0 radical (unpaired) electrons. The molecule has 1 unspecified atom stereocenters. The van der Waals surface area contributed by atoms with Crippen LogP contribution in [0.2, 0.25) is 0 Å². The Labute approximate surface area is 191 Å². The lowest BCUT2D eigenvalue weighted by Crippen LogP contribution is -2.44. The van der Waals surface area contributed by atoms with E-state index in [4.69, 9.17) is 13.8 Å². The minimum Gasteiger partial charge on any atom is -0.492 e. The fourth-order valence-electron chi connectivity index (χ4n) is 4.04. The molecule has 1 fully saturated rings. The van der Waals surface area contributed by atoms with E-state index in [9.17, 15) is 4.57 Å². The maximum atomic E-state index is 12.2. The molecule has 0 amide bonds. The van der Waals surface area contributed by atoms with Gasteiger partial charge in [0.15, 0.2) is 0 Å². The third-order valence-corrected chi connectivity index (χ3v) is 7.08. The van der Waals surface area contributed by atoms with Crippen LogP contribution >= 0.6 is 7.60 Å². The summed E-state index contributed by atoms with van der Waals surface area (Å²) in [6, 6.07) is 13.5. The smallest absolute Gasteiger partial charge is 0.375 e. The summed E-state index contributed by atoms with van der Waals surface area (Å²) in [5, 5.41) is 12.8. The van der Waals surface area contributed by atoms with Crippen LogP contribution < -0.4 is 14.6 Å². The Morgan fingerprint density at radius 3 is 2.67 bits per heavy atom. The van der Waals surface area contributed by atoms with Gasteiger partial charge in [0.25, 0.3) is 0 Å². The second-order valence-corrected chi connectivity index (χ2v) is 10.3. The molecule has 1 atom stereocenters. The van der Waals surface area contributed by atoms with Gasteiger partial charge in [-0.25, -0.2) is 4.57 Å². The molecule has 0 saturated carbocycles. The van der Waals surface area contributed by atoms with Crippen molar-refractivity contribution in [3.8, 4) is 22.9 Å². The molecule has 10 heteroatoms. The van der Waals surface area contributed by atoms with Gasteiger partial charge >= 0.3 is 7.60 Å². The van der Waals surface area contributed by atoms with E-state index in [1.165, 1.54) is 13.8 Å².